The van der Waals surface area contributed by atoms with Gasteiger partial charge in [0, 0.05) is 24.8 Å². The lowest BCUT2D eigenvalue weighted by Crippen LogP contribution is -2.34. The molecule has 1 aliphatic heterocycles. The monoisotopic (exact) mass is 325 g/mol. The van der Waals surface area contributed by atoms with E-state index in [9.17, 15) is 4.79 Å². The highest BCUT2D eigenvalue weighted by Crippen LogP contribution is 2.37. The number of aliphatic hydroxyl groups is 1. The van der Waals surface area contributed by atoms with Gasteiger partial charge in [0.25, 0.3) is 5.91 Å². The highest BCUT2D eigenvalue weighted by atomic mass is 16.3. The highest BCUT2D eigenvalue weighted by molar-refractivity contribution is 5.93. The Morgan fingerprint density at radius 3 is 2.83 bits per heavy atom. The molecule has 2 heterocycles. The molecule has 0 bridgehead atoms. The summed E-state index contributed by atoms with van der Waals surface area (Å²) in [6, 6.07) is 14.2. The molecule has 126 valence electrons. The van der Waals surface area contributed by atoms with Crippen LogP contribution in [0.5, 0.6) is 0 Å². The summed E-state index contributed by atoms with van der Waals surface area (Å²) in [7, 11) is 0. The number of para-hydroxylation sites is 1. The second-order valence-corrected chi connectivity index (χ2v) is 6.04. The van der Waals surface area contributed by atoms with Crippen LogP contribution in [0.4, 0.5) is 11.5 Å². The van der Waals surface area contributed by atoms with Crippen LogP contribution in [-0.2, 0) is 6.42 Å². The van der Waals surface area contributed by atoms with Crippen molar-refractivity contribution in [1.82, 2.24) is 9.88 Å². The molecule has 3 rings (SSSR count). The summed E-state index contributed by atoms with van der Waals surface area (Å²) >= 11 is 0. The van der Waals surface area contributed by atoms with Crippen LogP contribution >= 0.6 is 0 Å². The van der Waals surface area contributed by atoms with Gasteiger partial charge in [0.05, 0.1) is 6.61 Å². The number of anilines is 2. The Morgan fingerprint density at radius 1 is 1.29 bits per heavy atom. The third kappa shape index (κ3) is 2.99. The molecule has 1 amide bonds. The van der Waals surface area contributed by atoms with Crippen LogP contribution in [-0.4, -0.2) is 46.6 Å². The van der Waals surface area contributed by atoms with E-state index < -0.39 is 0 Å². The van der Waals surface area contributed by atoms with Crippen molar-refractivity contribution in [2.24, 2.45) is 0 Å². The minimum absolute atomic E-state index is 0.0458. The number of aromatic nitrogens is 1. The molecule has 1 unspecified atom stereocenters. The second kappa shape index (κ2) is 7.01. The van der Waals surface area contributed by atoms with E-state index in [1.54, 1.807) is 11.0 Å². The van der Waals surface area contributed by atoms with E-state index in [0.717, 1.165) is 17.9 Å². The van der Waals surface area contributed by atoms with Crippen LogP contribution in [0.1, 0.15) is 29.9 Å². The molecule has 0 aliphatic carbocycles. The summed E-state index contributed by atoms with van der Waals surface area (Å²) in [5.41, 5.74) is 2.88. The summed E-state index contributed by atoms with van der Waals surface area (Å²) < 4.78 is 0. The average Bonchev–Trinajstić information content (AvgIpc) is 2.95. The van der Waals surface area contributed by atoms with E-state index in [-0.39, 0.29) is 12.5 Å². The number of likely N-dealkylation sites (N-methyl/N-ethyl adjacent to an activating group) is 1. The van der Waals surface area contributed by atoms with Gasteiger partial charge in [0.15, 0.2) is 0 Å². The zero-order valence-electron chi connectivity index (χ0n) is 14.1. The summed E-state index contributed by atoms with van der Waals surface area (Å²) in [6.45, 7) is 4.89. The second-order valence-electron chi connectivity index (χ2n) is 6.04. The molecule has 0 saturated carbocycles. The molecular formula is C19H23N3O2. The normalized spacial score (nSPS) is 16.1. The topological polar surface area (TPSA) is 56.7 Å². The number of hydrogen-bond donors (Lipinski definition) is 1. The first-order chi connectivity index (χ1) is 11.7. The van der Waals surface area contributed by atoms with Gasteiger partial charge in [-0.1, -0.05) is 24.3 Å². The molecule has 1 atom stereocenters. The number of benzene rings is 1. The molecule has 1 N–H and O–H groups in total. The Balaban J connectivity index is 1.93. The predicted octanol–water partition coefficient (Wildman–Crippen LogP) is 2.62. The number of nitrogens with zero attached hydrogens (tertiary/aromatic N) is 3. The number of pyridine rings is 1. The molecule has 0 fully saturated rings. The molecule has 1 aromatic carbocycles. The van der Waals surface area contributed by atoms with Gasteiger partial charge in [-0.15, -0.1) is 0 Å². The van der Waals surface area contributed by atoms with Crippen LogP contribution < -0.4 is 4.90 Å². The number of aliphatic hydroxyl groups excluding tert-OH is 1. The molecule has 0 radical (unpaired) electrons. The SMILES string of the molecule is CCN(CCO)C(=O)c1cccc(N2c3ccccc3CC2C)n1. The third-order valence-electron chi connectivity index (χ3n) is 4.45. The van der Waals surface area contributed by atoms with Crippen LogP contribution in [0.15, 0.2) is 42.5 Å². The van der Waals surface area contributed by atoms with E-state index in [2.05, 4.69) is 35.0 Å². The smallest absolute Gasteiger partial charge is 0.272 e. The minimum atomic E-state index is -0.145. The van der Waals surface area contributed by atoms with Crippen LogP contribution in [0.2, 0.25) is 0 Å². The molecule has 5 nitrogen and oxygen atoms in total. The number of fused-ring (bicyclic) bond motifs is 1. The lowest BCUT2D eigenvalue weighted by Gasteiger charge is -2.25. The molecule has 24 heavy (non-hydrogen) atoms. The van der Waals surface area contributed by atoms with Crippen molar-refractivity contribution in [3.05, 3.63) is 53.7 Å². The van der Waals surface area contributed by atoms with Gasteiger partial charge in [0.1, 0.15) is 11.5 Å². The Hall–Kier alpha value is -2.40. The maximum Gasteiger partial charge on any atom is 0.272 e. The van der Waals surface area contributed by atoms with Gasteiger partial charge >= 0.3 is 0 Å². The summed E-state index contributed by atoms with van der Waals surface area (Å²) in [5.74, 6) is 0.645. The fourth-order valence-corrected chi connectivity index (χ4v) is 3.28. The largest absolute Gasteiger partial charge is 0.395 e. The number of hydrogen-bond acceptors (Lipinski definition) is 4. The highest BCUT2D eigenvalue weighted by Gasteiger charge is 2.28. The summed E-state index contributed by atoms with van der Waals surface area (Å²) in [5, 5.41) is 9.11. The summed E-state index contributed by atoms with van der Waals surface area (Å²) in [4.78, 5) is 21.0. The summed E-state index contributed by atoms with van der Waals surface area (Å²) in [6.07, 6.45) is 0.974. The lowest BCUT2D eigenvalue weighted by atomic mass is 10.1. The van der Waals surface area contributed by atoms with Gasteiger partial charge in [-0.05, 0) is 44.0 Å². The number of amides is 1. The zero-order chi connectivity index (χ0) is 17.1. The Labute approximate surface area is 142 Å². The minimum Gasteiger partial charge on any atom is -0.395 e. The van der Waals surface area contributed by atoms with Gasteiger partial charge in [-0.3, -0.25) is 4.79 Å². The molecular weight excluding hydrogens is 302 g/mol. The van der Waals surface area contributed by atoms with Crippen molar-refractivity contribution in [3.8, 4) is 0 Å². The van der Waals surface area contributed by atoms with Gasteiger partial charge in [0.2, 0.25) is 0 Å². The molecule has 0 spiro atoms. The Bertz CT molecular complexity index is 732. The zero-order valence-corrected chi connectivity index (χ0v) is 14.1. The lowest BCUT2D eigenvalue weighted by molar-refractivity contribution is 0.0726. The first-order valence-corrected chi connectivity index (χ1v) is 8.40. The predicted molar refractivity (Wildman–Crippen MR) is 94.6 cm³/mol. The van der Waals surface area contributed by atoms with Crippen molar-refractivity contribution < 1.29 is 9.90 Å². The Morgan fingerprint density at radius 2 is 2.08 bits per heavy atom. The van der Waals surface area contributed by atoms with Crippen LogP contribution in [0.3, 0.4) is 0 Å². The first kappa shape index (κ1) is 16.5. The van der Waals surface area contributed by atoms with E-state index in [4.69, 9.17) is 5.11 Å². The first-order valence-electron chi connectivity index (χ1n) is 8.40. The van der Waals surface area contributed by atoms with E-state index in [1.807, 2.05) is 25.1 Å². The number of carbonyl (C=O) groups excluding carboxylic acids is 1. The van der Waals surface area contributed by atoms with E-state index in [0.29, 0.717) is 24.8 Å². The molecule has 1 aliphatic rings. The number of rotatable bonds is 5. The standard InChI is InChI=1S/C19H23N3O2/c1-3-21(11-12-23)19(24)16-8-6-10-18(20-16)22-14(2)13-15-7-4-5-9-17(15)22/h4-10,14,23H,3,11-13H2,1-2H3. The molecule has 0 saturated heterocycles. The van der Waals surface area contributed by atoms with Crippen molar-refractivity contribution in [2.75, 3.05) is 24.6 Å². The third-order valence-corrected chi connectivity index (χ3v) is 4.45. The van der Waals surface area contributed by atoms with E-state index >= 15 is 0 Å². The maximum absolute atomic E-state index is 12.6. The average molecular weight is 325 g/mol. The fourth-order valence-electron chi connectivity index (χ4n) is 3.28. The number of carbonyl (C=O) groups is 1. The van der Waals surface area contributed by atoms with Gasteiger partial charge in [-0.2, -0.15) is 0 Å². The van der Waals surface area contributed by atoms with Crippen molar-refractivity contribution >= 4 is 17.4 Å². The van der Waals surface area contributed by atoms with Crippen molar-refractivity contribution in [1.29, 1.82) is 0 Å². The van der Waals surface area contributed by atoms with Crippen LogP contribution in [0.25, 0.3) is 0 Å². The van der Waals surface area contributed by atoms with Crippen molar-refractivity contribution in [3.63, 3.8) is 0 Å². The quantitative estimate of drug-likeness (QED) is 0.918. The van der Waals surface area contributed by atoms with Crippen molar-refractivity contribution in [2.45, 2.75) is 26.3 Å². The molecule has 2 aromatic rings. The fraction of sp³-hybridized carbons (Fsp3) is 0.368. The maximum atomic E-state index is 12.6. The Kier molecular flexibility index (Phi) is 4.81. The van der Waals surface area contributed by atoms with Gasteiger partial charge in [-0.25, -0.2) is 4.98 Å². The molecule has 1 aromatic heterocycles. The van der Waals surface area contributed by atoms with Crippen LogP contribution in [0, 0.1) is 0 Å². The van der Waals surface area contributed by atoms with Gasteiger partial charge < -0.3 is 14.9 Å². The van der Waals surface area contributed by atoms with E-state index in [1.165, 1.54) is 5.56 Å². The molecule has 5 heteroatoms.